The van der Waals surface area contributed by atoms with Crippen molar-refractivity contribution in [2.75, 3.05) is 6.67 Å². The van der Waals surface area contributed by atoms with Crippen molar-refractivity contribution in [2.24, 2.45) is 5.73 Å². The van der Waals surface area contributed by atoms with Crippen LogP contribution in [0.25, 0.3) is 0 Å². The van der Waals surface area contributed by atoms with Gasteiger partial charge < -0.3 is 11.1 Å². The quantitative estimate of drug-likeness (QED) is 0.366. The number of halogens is 1. The van der Waals surface area contributed by atoms with Crippen LogP contribution in [0.5, 0.6) is 0 Å². The highest BCUT2D eigenvalue weighted by Crippen LogP contribution is 2.08. The summed E-state index contributed by atoms with van der Waals surface area (Å²) in [5, 5.41) is 11.2. The van der Waals surface area contributed by atoms with Crippen LogP contribution in [-0.4, -0.2) is 35.3 Å². The van der Waals surface area contributed by atoms with E-state index in [1.807, 2.05) is 0 Å². The Labute approximate surface area is 127 Å². The van der Waals surface area contributed by atoms with E-state index in [0.29, 0.717) is 5.56 Å². The second-order valence-corrected chi connectivity index (χ2v) is 5.22. The SMILES string of the molecule is CC(C)(N)C(NC(=O)c1ccc(C#CCF)cc1)C(=O)NO. The van der Waals surface area contributed by atoms with Crippen molar-refractivity contribution in [2.45, 2.75) is 25.4 Å². The summed E-state index contributed by atoms with van der Waals surface area (Å²) in [4.78, 5) is 23.7. The summed E-state index contributed by atoms with van der Waals surface area (Å²) in [5.74, 6) is 3.51. The van der Waals surface area contributed by atoms with Gasteiger partial charge in [0, 0.05) is 16.7 Å². The minimum atomic E-state index is -1.11. The molecule has 5 N–H and O–H groups in total. The lowest BCUT2D eigenvalue weighted by Crippen LogP contribution is -2.61. The van der Waals surface area contributed by atoms with Crippen molar-refractivity contribution >= 4 is 11.8 Å². The Bertz CT molecular complexity index is 597. The summed E-state index contributed by atoms with van der Waals surface area (Å²) < 4.78 is 11.9. The number of rotatable bonds is 4. The molecule has 1 atom stereocenters. The first-order chi connectivity index (χ1) is 10.3. The van der Waals surface area contributed by atoms with E-state index in [1.54, 1.807) is 26.0 Å². The van der Waals surface area contributed by atoms with Gasteiger partial charge in [0.25, 0.3) is 11.8 Å². The average molecular weight is 307 g/mol. The highest BCUT2D eigenvalue weighted by atomic mass is 19.1. The van der Waals surface area contributed by atoms with Gasteiger partial charge in [0.15, 0.2) is 6.67 Å². The standard InChI is InChI=1S/C15H18FN3O3/c1-15(2,17)12(14(21)19-22)18-13(20)11-7-5-10(6-8-11)4-3-9-16/h5-8,12,22H,9,17H2,1-2H3,(H,18,20)(H,19,21). The molecule has 0 aliphatic carbocycles. The van der Waals surface area contributed by atoms with Crippen LogP contribution in [0.3, 0.4) is 0 Å². The van der Waals surface area contributed by atoms with E-state index in [1.165, 1.54) is 17.6 Å². The van der Waals surface area contributed by atoms with E-state index in [2.05, 4.69) is 17.2 Å². The molecule has 0 heterocycles. The third kappa shape index (κ3) is 4.84. The second-order valence-electron chi connectivity index (χ2n) is 5.22. The molecule has 1 aromatic carbocycles. The molecule has 2 amide bonds. The van der Waals surface area contributed by atoms with Crippen LogP contribution in [0.2, 0.25) is 0 Å². The predicted octanol–water partition coefficient (Wildman–Crippen LogP) is 0.349. The molecule has 7 heteroatoms. The molecule has 0 aliphatic heterocycles. The Morgan fingerprint density at radius 3 is 2.41 bits per heavy atom. The van der Waals surface area contributed by atoms with Crippen molar-refractivity contribution in [1.82, 2.24) is 10.8 Å². The van der Waals surface area contributed by atoms with Crippen molar-refractivity contribution in [3.63, 3.8) is 0 Å². The highest BCUT2D eigenvalue weighted by molar-refractivity contribution is 5.97. The van der Waals surface area contributed by atoms with Gasteiger partial charge in [-0.3, -0.25) is 14.8 Å². The number of nitrogens with two attached hydrogens (primary N) is 1. The Balaban J connectivity index is 2.88. The number of amides is 2. The highest BCUT2D eigenvalue weighted by Gasteiger charge is 2.33. The molecule has 0 bridgehead atoms. The van der Waals surface area contributed by atoms with Gasteiger partial charge in [0.2, 0.25) is 0 Å². The normalized spacial score (nSPS) is 11.9. The minimum absolute atomic E-state index is 0.283. The van der Waals surface area contributed by atoms with Crippen molar-refractivity contribution < 1.29 is 19.2 Å². The largest absolute Gasteiger partial charge is 0.338 e. The monoisotopic (exact) mass is 307 g/mol. The van der Waals surface area contributed by atoms with Crippen molar-refractivity contribution in [3.05, 3.63) is 35.4 Å². The van der Waals surface area contributed by atoms with Crippen LogP contribution >= 0.6 is 0 Å². The van der Waals surface area contributed by atoms with Crippen molar-refractivity contribution in [3.8, 4) is 11.8 Å². The zero-order valence-electron chi connectivity index (χ0n) is 12.3. The number of alkyl halides is 1. The minimum Gasteiger partial charge on any atom is -0.338 e. The fraction of sp³-hybridized carbons (Fsp3) is 0.333. The lowest BCUT2D eigenvalue weighted by Gasteiger charge is -2.29. The van der Waals surface area contributed by atoms with Gasteiger partial charge in [0.05, 0.1) is 0 Å². The third-order valence-electron chi connectivity index (χ3n) is 2.84. The maximum atomic E-state index is 12.1. The summed E-state index contributed by atoms with van der Waals surface area (Å²) in [6, 6.07) is 5.00. The van der Waals surface area contributed by atoms with Gasteiger partial charge in [-0.15, -0.1) is 0 Å². The van der Waals surface area contributed by atoms with Crippen LogP contribution < -0.4 is 16.5 Å². The molecule has 1 aromatic rings. The Morgan fingerprint density at radius 2 is 1.95 bits per heavy atom. The zero-order chi connectivity index (χ0) is 16.8. The van der Waals surface area contributed by atoms with Gasteiger partial charge in [0.1, 0.15) is 6.04 Å². The number of hydroxylamine groups is 1. The summed E-state index contributed by atoms with van der Waals surface area (Å²) in [6.45, 7) is 2.34. The number of hydrogen-bond acceptors (Lipinski definition) is 4. The maximum absolute atomic E-state index is 12.1. The first-order valence-corrected chi connectivity index (χ1v) is 6.48. The van der Waals surface area contributed by atoms with Crippen LogP contribution in [0.15, 0.2) is 24.3 Å². The molecule has 0 radical (unpaired) electrons. The van der Waals surface area contributed by atoms with Crippen molar-refractivity contribution in [1.29, 1.82) is 0 Å². The molecule has 22 heavy (non-hydrogen) atoms. The van der Waals surface area contributed by atoms with E-state index < -0.39 is 30.1 Å². The van der Waals surface area contributed by atoms with E-state index in [-0.39, 0.29) is 5.56 Å². The molecule has 1 rings (SSSR count). The van der Waals surface area contributed by atoms with E-state index in [0.717, 1.165) is 0 Å². The lowest BCUT2D eigenvalue weighted by atomic mass is 9.95. The maximum Gasteiger partial charge on any atom is 0.267 e. The van der Waals surface area contributed by atoms with E-state index in [9.17, 15) is 14.0 Å². The Hall–Kier alpha value is -2.43. The Morgan fingerprint density at radius 1 is 1.36 bits per heavy atom. The van der Waals surface area contributed by atoms with Crippen LogP contribution in [-0.2, 0) is 4.79 Å². The number of nitrogens with one attached hydrogen (secondary N) is 2. The molecule has 0 saturated heterocycles. The third-order valence-corrected chi connectivity index (χ3v) is 2.84. The summed E-state index contributed by atoms with van der Waals surface area (Å²) in [6.07, 6.45) is 0. The van der Waals surface area contributed by atoms with E-state index >= 15 is 0 Å². The number of carbonyl (C=O) groups excluding carboxylic acids is 2. The molecular weight excluding hydrogens is 289 g/mol. The van der Waals surface area contributed by atoms with Gasteiger partial charge in [-0.05, 0) is 38.1 Å². The summed E-state index contributed by atoms with van der Waals surface area (Å²) >= 11 is 0. The lowest BCUT2D eigenvalue weighted by molar-refractivity contribution is -0.132. The summed E-state index contributed by atoms with van der Waals surface area (Å²) in [7, 11) is 0. The number of carbonyl (C=O) groups is 2. The zero-order valence-corrected chi connectivity index (χ0v) is 12.3. The first-order valence-electron chi connectivity index (χ1n) is 6.48. The topological polar surface area (TPSA) is 104 Å². The fourth-order valence-electron chi connectivity index (χ4n) is 1.71. The molecule has 1 unspecified atom stereocenters. The first kappa shape index (κ1) is 17.6. The number of hydrogen-bond donors (Lipinski definition) is 4. The molecule has 0 aromatic heterocycles. The van der Waals surface area contributed by atoms with Crippen LogP contribution in [0, 0.1) is 11.8 Å². The summed E-state index contributed by atoms with van der Waals surface area (Å²) in [5.41, 5.74) is 7.07. The molecule has 0 aliphatic rings. The van der Waals surface area contributed by atoms with Gasteiger partial charge in [-0.1, -0.05) is 11.8 Å². The van der Waals surface area contributed by atoms with Gasteiger partial charge in [-0.25, -0.2) is 9.87 Å². The molecule has 0 saturated carbocycles. The van der Waals surface area contributed by atoms with E-state index in [4.69, 9.17) is 10.9 Å². The van der Waals surface area contributed by atoms with Crippen LogP contribution in [0.1, 0.15) is 29.8 Å². The van der Waals surface area contributed by atoms with Gasteiger partial charge in [-0.2, -0.15) is 0 Å². The molecule has 0 spiro atoms. The molecular formula is C15H18FN3O3. The molecule has 118 valence electrons. The predicted molar refractivity (Wildman–Crippen MR) is 78.7 cm³/mol. The van der Waals surface area contributed by atoms with Crippen LogP contribution in [0.4, 0.5) is 4.39 Å². The smallest absolute Gasteiger partial charge is 0.267 e. The van der Waals surface area contributed by atoms with Gasteiger partial charge >= 0.3 is 0 Å². The second kappa shape index (κ2) is 7.54. The fourth-order valence-corrected chi connectivity index (χ4v) is 1.71. The molecule has 0 fully saturated rings. The number of benzene rings is 1. The average Bonchev–Trinajstić information content (AvgIpc) is 2.49. The molecule has 6 nitrogen and oxygen atoms in total. The Kier molecular flexibility index (Phi) is 6.04.